The van der Waals surface area contributed by atoms with Crippen molar-refractivity contribution in [2.75, 3.05) is 6.54 Å². The molecule has 0 saturated carbocycles. The van der Waals surface area contributed by atoms with E-state index in [0.717, 1.165) is 26.8 Å². The maximum Gasteiger partial charge on any atom is 0.179 e. The zero-order valence-electron chi connectivity index (χ0n) is 11.8. The topological polar surface area (TPSA) is 37.8 Å². The van der Waals surface area contributed by atoms with Crippen molar-refractivity contribution >= 4 is 39.0 Å². The van der Waals surface area contributed by atoms with Gasteiger partial charge in [-0.1, -0.05) is 52.0 Å². The van der Waals surface area contributed by atoms with Crippen molar-refractivity contribution in [3.05, 3.63) is 33.2 Å². The van der Waals surface area contributed by atoms with Crippen LogP contribution in [0.15, 0.2) is 31.9 Å². The highest BCUT2D eigenvalue weighted by molar-refractivity contribution is 9.10. The molecule has 1 atom stereocenters. The van der Waals surface area contributed by atoms with Gasteiger partial charge in [-0.05, 0) is 44.5 Å². The van der Waals surface area contributed by atoms with Crippen molar-refractivity contribution in [3.8, 4) is 0 Å². The van der Waals surface area contributed by atoms with Crippen molar-refractivity contribution in [2.45, 2.75) is 42.5 Å². The first kappa shape index (κ1) is 15.9. The zero-order valence-corrected chi connectivity index (χ0v) is 15.0. The number of aromatic nitrogens is 2. The molecule has 0 fully saturated rings. The number of nitrogens with one attached hydrogen (secondary N) is 1. The fraction of sp³-hybridized carbons (Fsp3) is 0.429. The second-order valence-corrected chi connectivity index (χ2v) is 7.93. The number of benzene rings is 1. The van der Waals surface area contributed by atoms with Gasteiger partial charge in [0.15, 0.2) is 4.34 Å². The van der Waals surface area contributed by atoms with Gasteiger partial charge < -0.3 is 5.32 Å². The lowest BCUT2D eigenvalue weighted by Crippen LogP contribution is -2.19. The predicted molar refractivity (Wildman–Crippen MR) is 89.6 cm³/mol. The molecule has 1 N–H and O–H groups in total. The van der Waals surface area contributed by atoms with E-state index < -0.39 is 0 Å². The molecule has 6 heteroatoms. The van der Waals surface area contributed by atoms with Gasteiger partial charge in [0.05, 0.1) is 0 Å². The zero-order chi connectivity index (χ0) is 14.5. The molecule has 0 radical (unpaired) electrons. The highest BCUT2D eigenvalue weighted by Gasteiger charge is 2.13. The maximum atomic E-state index is 4.20. The lowest BCUT2D eigenvalue weighted by molar-refractivity contribution is 0.563. The predicted octanol–water partition coefficient (Wildman–Crippen LogP) is 4.82. The van der Waals surface area contributed by atoms with Crippen molar-refractivity contribution in [2.24, 2.45) is 0 Å². The molecule has 0 aliphatic heterocycles. The van der Waals surface area contributed by atoms with Gasteiger partial charge in [-0.25, -0.2) is 0 Å². The number of aryl methyl sites for hydroxylation is 1. The quantitative estimate of drug-likeness (QED) is 0.789. The van der Waals surface area contributed by atoms with Crippen LogP contribution in [-0.2, 0) is 0 Å². The van der Waals surface area contributed by atoms with Gasteiger partial charge in [-0.15, -0.1) is 10.2 Å². The monoisotopic (exact) mass is 371 g/mol. The molecule has 0 aliphatic carbocycles. The standard InChI is InChI=1S/C14H18BrN3S2/c1-4-7-16-9(2)12-6-5-11(15)8-13(12)20-14-18-17-10(3)19-14/h5-6,8-9,16H,4,7H2,1-3H3. The molecule has 0 spiro atoms. The summed E-state index contributed by atoms with van der Waals surface area (Å²) in [6.45, 7) is 7.39. The molecule has 108 valence electrons. The van der Waals surface area contributed by atoms with Crippen LogP contribution in [0.25, 0.3) is 0 Å². The summed E-state index contributed by atoms with van der Waals surface area (Å²) in [6, 6.07) is 6.75. The van der Waals surface area contributed by atoms with Gasteiger partial charge in [0, 0.05) is 15.4 Å². The summed E-state index contributed by atoms with van der Waals surface area (Å²) < 4.78 is 2.08. The van der Waals surface area contributed by atoms with Crippen molar-refractivity contribution in [3.63, 3.8) is 0 Å². The van der Waals surface area contributed by atoms with Crippen molar-refractivity contribution in [1.29, 1.82) is 0 Å². The Kier molecular flexibility index (Phi) is 6.01. The van der Waals surface area contributed by atoms with E-state index >= 15 is 0 Å². The molecule has 3 nitrogen and oxygen atoms in total. The lowest BCUT2D eigenvalue weighted by atomic mass is 10.1. The Morgan fingerprint density at radius 1 is 1.40 bits per heavy atom. The fourth-order valence-electron chi connectivity index (χ4n) is 1.84. The minimum Gasteiger partial charge on any atom is -0.310 e. The highest BCUT2D eigenvalue weighted by Crippen LogP contribution is 2.36. The summed E-state index contributed by atoms with van der Waals surface area (Å²) in [4.78, 5) is 1.23. The first-order valence-electron chi connectivity index (χ1n) is 6.61. The Morgan fingerprint density at radius 3 is 2.85 bits per heavy atom. The second kappa shape index (κ2) is 7.54. The van der Waals surface area contributed by atoms with Crippen molar-refractivity contribution in [1.82, 2.24) is 15.5 Å². The van der Waals surface area contributed by atoms with Gasteiger partial charge in [0.25, 0.3) is 0 Å². The Hall–Kier alpha value is -0.430. The number of halogens is 1. The summed E-state index contributed by atoms with van der Waals surface area (Å²) in [5.74, 6) is 0. The van der Waals surface area contributed by atoms with Crippen LogP contribution in [0, 0.1) is 6.92 Å². The van der Waals surface area contributed by atoms with Crippen LogP contribution in [0.2, 0.25) is 0 Å². The van der Waals surface area contributed by atoms with Crippen LogP contribution in [0.4, 0.5) is 0 Å². The van der Waals surface area contributed by atoms with Crippen LogP contribution >= 0.6 is 39.0 Å². The fourth-order valence-corrected chi connectivity index (χ4v) is 4.38. The third-order valence-corrected chi connectivity index (χ3v) is 5.30. The van der Waals surface area contributed by atoms with E-state index in [0.29, 0.717) is 6.04 Å². The molecule has 2 aromatic rings. The molecule has 0 amide bonds. The van der Waals surface area contributed by atoms with E-state index in [-0.39, 0.29) is 0 Å². The van der Waals surface area contributed by atoms with E-state index in [1.165, 1.54) is 10.5 Å². The summed E-state index contributed by atoms with van der Waals surface area (Å²) in [5, 5.41) is 12.8. The van der Waals surface area contributed by atoms with E-state index in [1.54, 1.807) is 23.1 Å². The SMILES string of the molecule is CCCNC(C)c1ccc(Br)cc1Sc1nnc(C)s1. The Bertz CT molecular complexity index is 571. The average Bonchev–Trinajstić information content (AvgIpc) is 2.81. The Morgan fingerprint density at radius 2 is 2.20 bits per heavy atom. The third-order valence-electron chi connectivity index (χ3n) is 2.85. The minimum absolute atomic E-state index is 0.333. The highest BCUT2D eigenvalue weighted by atomic mass is 79.9. The van der Waals surface area contributed by atoms with Crippen LogP contribution in [0.3, 0.4) is 0 Å². The van der Waals surface area contributed by atoms with Crippen LogP contribution in [0.1, 0.15) is 36.9 Å². The summed E-state index contributed by atoms with van der Waals surface area (Å²) >= 11 is 6.87. The normalized spacial score (nSPS) is 12.6. The summed E-state index contributed by atoms with van der Waals surface area (Å²) in [7, 11) is 0. The molecular weight excluding hydrogens is 354 g/mol. The summed E-state index contributed by atoms with van der Waals surface area (Å²) in [6.07, 6.45) is 1.14. The maximum absolute atomic E-state index is 4.20. The molecular formula is C14H18BrN3S2. The molecule has 0 saturated heterocycles. The Balaban J connectivity index is 2.23. The lowest BCUT2D eigenvalue weighted by Gasteiger charge is -2.17. The van der Waals surface area contributed by atoms with Gasteiger partial charge in [-0.2, -0.15) is 0 Å². The molecule has 0 bridgehead atoms. The number of hydrogen-bond acceptors (Lipinski definition) is 5. The molecule has 20 heavy (non-hydrogen) atoms. The second-order valence-electron chi connectivity index (χ2n) is 4.55. The number of nitrogens with zero attached hydrogens (tertiary/aromatic N) is 2. The molecule has 2 rings (SSSR count). The number of hydrogen-bond donors (Lipinski definition) is 1. The van der Waals surface area contributed by atoms with Gasteiger partial charge in [0.2, 0.25) is 0 Å². The van der Waals surface area contributed by atoms with Crippen LogP contribution in [0.5, 0.6) is 0 Å². The molecule has 1 aromatic carbocycles. The van der Waals surface area contributed by atoms with E-state index in [4.69, 9.17) is 0 Å². The Labute approximate surface area is 136 Å². The van der Waals surface area contributed by atoms with Crippen LogP contribution in [-0.4, -0.2) is 16.7 Å². The molecule has 1 unspecified atom stereocenters. The van der Waals surface area contributed by atoms with E-state index in [2.05, 4.69) is 63.5 Å². The smallest absolute Gasteiger partial charge is 0.179 e. The van der Waals surface area contributed by atoms with E-state index in [1.807, 2.05) is 6.92 Å². The first-order valence-corrected chi connectivity index (χ1v) is 9.03. The van der Waals surface area contributed by atoms with Gasteiger partial charge >= 0.3 is 0 Å². The van der Waals surface area contributed by atoms with E-state index in [9.17, 15) is 0 Å². The number of rotatable bonds is 6. The molecule has 1 heterocycles. The third kappa shape index (κ3) is 4.28. The average molecular weight is 372 g/mol. The van der Waals surface area contributed by atoms with Gasteiger partial charge in [-0.3, -0.25) is 0 Å². The molecule has 0 aliphatic rings. The van der Waals surface area contributed by atoms with Crippen molar-refractivity contribution < 1.29 is 0 Å². The largest absolute Gasteiger partial charge is 0.310 e. The molecule has 1 aromatic heterocycles. The minimum atomic E-state index is 0.333. The van der Waals surface area contributed by atoms with Crippen LogP contribution < -0.4 is 5.32 Å². The van der Waals surface area contributed by atoms with Gasteiger partial charge in [0.1, 0.15) is 5.01 Å². The summed E-state index contributed by atoms with van der Waals surface area (Å²) in [5.41, 5.74) is 1.31. The first-order chi connectivity index (χ1) is 9.60.